The fourth-order valence-corrected chi connectivity index (χ4v) is 4.41. The average Bonchev–Trinajstić information content (AvgIpc) is 3.42. The Bertz CT molecular complexity index is 889. The predicted molar refractivity (Wildman–Crippen MR) is 98.6 cm³/mol. The lowest BCUT2D eigenvalue weighted by Gasteiger charge is -2.26. The SMILES string of the molecule is O=C(N[C@@H]1C[C@H]2CC[C@@H]1N2)c1cc2oc(C(=O)N3CCNCC3)cc2cn1. The molecule has 5 heterocycles. The molecule has 5 rings (SSSR count). The van der Waals surface area contributed by atoms with Crippen LogP contribution in [-0.4, -0.2) is 66.0 Å². The van der Waals surface area contributed by atoms with Crippen LogP contribution in [0.3, 0.4) is 0 Å². The van der Waals surface area contributed by atoms with E-state index in [9.17, 15) is 9.59 Å². The van der Waals surface area contributed by atoms with Crippen LogP contribution in [0.25, 0.3) is 11.0 Å². The van der Waals surface area contributed by atoms with E-state index in [1.165, 1.54) is 6.42 Å². The van der Waals surface area contributed by atoms with Crippen molar-refractivity contribution in [3.63, 3.8) is 0 Å². The Morgan fingerprint density at radius 3 is 2.81 bits per heavy atom. The molecule has 27 heavy (non-hydrogen) atoms. The molecule has 0 aromatic carbocycles. The quantitative estimate of drug-likeness (QED) is 0.729. The van der Waals surface area contributed by atoms with Crippen LogP contribution in [0.1, 0.15) is 40.3 Å². The lowest BCUT2D eigenvalue weighted by atomic mass is 9.95. The van der Waals surface area contributed by atoms with Gasteiger partial charge in [0.25, 0.3) is 11.8 Å². The van der Waals surface area contributed by atoms with E-state index >= 15 is 0 Å². The van der Waals surface area contributed by atoms with Crippen LogP contribution in [0.2, 0.25) is 0 Å². The zero-order chi connectivity index (χ0) is 18.4. The summed E-state index contributed by atoms with van der Waals surface area (Å²) < 4.78 is 5.75. The minimum Gasteiger partial charge on any atom is -0.451 e. The van der Waals surface area contributed by atoms with Gasteiger partial charge in [0.2, 0.25) is 0 Å². The molecule has 3 saturated heterocycles. The van der Waals surface area contributed by atoms with Crippen LogP contribution in [0.5, 0.6) is 0 Å². The van der Waals surface area contributed by atoms with Gasteiger partial charge < -0.3 is 25.3 Å². The van der Waals surface area contributed by atoms with Gasteiger partial charge in [-0.15, -0.1) is 0 Å². The van der Waals surface area contributed by atoms with E-state index in [0.717, 1.165) is 31.3 Å². The molecule has 3 N–H and O–H groups in total. The number of hydrogen-bond donors (Lipinski definition) is 3. The summed E-state index contributed by atoms with van der Waals surface area (Å²) in [6.45, 7) is 2.91. The lowest BCUT2D eigenvalue weighted by molar-refractivity contribution is 0.0706. The van der Waals surface area contributed by atoms with Gasteiger partial charge in [0.15, 0.2) is 5.76 Å². The molecule has 2 aromatic rings. The molecule has 0 spiro atoms. The Balaban J connectivity index is 1.32. The third-order valence-electron chi connectivity index (χ3n) is 5.87. The Hall–Kier alpha value is -2.45. The molecule has 3 fully saturated rings. The third kappa shape index (κ3) is 3.08. The van der Waals surface area contributed by atoms with Gasteiger partial charge in [-0.05, 0) is 25.3 Å². The van der Waals surface area contributed by atoms with E-state index < -0.39 is 0 Å². The Morgan fingerprint density at radius 1 is 1.22 bits per heavy atom. The van der Waals surface area contributed by atoms with Crippen LogP contribution in [0, 0.1) is 0 Å². The van der Waals surface area contributed by atoms with Crippen molar-refractivity contribution in [3.05, 3.63) is 29.8 Å². The van der Waals surface area contributed by atoms with E-state index in [1.807, 2.05) is 0 Å². The third-order valence-corrected chi connectivity index (χ3v) is 5.87. The Morgan fingerprint density at radius 2 is 2.07 bits per heavy atom. The molecule has 2 bridgehead atoms. The second kappa shape index (κ2) is 6.61. The second-order valence-electron chi connectivity index (χ2n) is 7.62. The zero-order valence-corrected chi connectivity index (χ0v) is 15.0. The number of carbonyl (C=O) groups is 2. The highest BCUT2D eigenvalue weighted by Crippen LogP contribution is 2.28. The number of nitrogens with zero attached hydrogens (tertiary/aromatic N) is 2. The largest absolute Gasteiger partial charge is 0.451 e. The maximum absolute atomic E-state index is 12.6. The summed E-state index contributed by atoms with van der Waals surface area (Å²) in [6.07, 6.45) is 4.87. The van der Waals surface area contributed by atoms with Gasteiger partial charge in [-0.25, -0.2) is 0 Å². The second-order valence-corrected chi connectivity index (χ2v) is 7.62. The van der Waals surface area contributed by atoms with E-state index in [1.54, 1.807) is 23.2 Å². The van der Waals surface area contributed by atoms with Gasteiger partial charge in [-0.1, -0.05) is 0 Å². The summed E-state index contributed by atoms with van der Waals surface area (Å²) in [4.78, 5) is 31.2. The number of furan rings is 1. The molecule has 3 atom stereocenters. The number of hydrogen-bond acceptors (Lipinski definition) is 6. The predicted octanol–water partition coefficient (Wildman–Crippen LogP) is 0.496. The topological polar surface area (TPSA) is 99.5 Å². The molecule has 8 nitrogen and oxygen atoms in total. The summed E-state index contributed by atoms with van der Waals surface area (Å²) in [5.41, 5.74) is 0.834. The van der Waals surface area contributed by atoms with Crippen LogP contribution >= 0.6 is 0 Å². The number of carbonyl (C=O) groups excluding carboxylic acids is 2. The van der Waals surface area contributed by atoms with Crippen LogP contribution < -0.4 is 16.0 Å². The molecule has 8 heteroatoms. The number of fused-ring (bicyclic) bond motifs is 3. The van der Waals surface area contributed by atoms with Crippen molar-refractivity contribution in [2.24, 2.45) is 0 Å². The first-order valence-electron chi connectivity index (χ1n) is 9.64. The summed E-state index contributed by atoms with van der Waals surface area (Å²) in [6, 6.07) is 4.39. The average molecular weight is 369 g/mol. The van der Waals surface area contributed by atoms with Gasteiger partial charge >= 0.3 is 0 Å². The van der Waals surface area contributed by atoms with Crippen molar-refractivity contribution in [3.8, 4) is 0 Å². The minimum absolute atomic E-state index is 0.119. The maximum atomic E-state index is 12.6. The molecule has 0 radical (unpaired) electrons. The maximum Gasteiger partial charge on any atom is 0.289 e. The number of nitrogens with one attached hydrogen (secondary N) is 3. The van der Waals surface area contributed by atoms with Gasteiger partial charge in [0, 0.05) is 62.0 Å². The molecule has 142 valence electrons. The first-order chi connectivity index (χ1) is 13.2. The fraction of sp³-hybridized carbons (Fsp3) is 0.526. The van der Waals surface area contributed by atoms with Gasteiger partial charge in [-0.3, -0.25) is 14.6 Å². The van der Waals surface area contributed by atoms with Crippen molar-refractivity contribution in [1.29, 1.82) is 0 Å². The van der Waals surface area contributed by atoms with Gasteiger partial charge in [0.1, 0.15) is 11.3 Å². The highest BCUT2D eigenvalue weighted by molar-refractivity contribution is 5.98. The normalized spacial score (nSPS) is 27.3. The van der Waals surface area contributed by atoms with E-state index in [2.05, 4.69) is 20.9 Å². The molecule has 0 saturated carbocycles. The molecular formula is C19H23N5O3. The highest BCUT2D eigenvalue weighted by Gasteiger charge is 2.39. The van der Waals surface area contributed by atoms with Gasteiger partial charge in [0.05, 0.1) is 0 Å². The molecule has 2 amide bonds. The van der Waals surface area contributed by atoms with Crippen molar-refractivity contribution < 1.29 is 14.0 Å². The summed E-state index contributed by atoms with van der Waals surface area (Å²) in [7, 11) is 0. The number of pyridine rings is 1. The van der Waals surface area contributed by atoms with Crippen LogP contribution in [0.15, 0.2) is 22.7 Å². The van der Waals surface area contributed by atoms with Gasteiger partial charge in [-0.2, -0.15) is 0 Å². The van der Waals surface area contributed by atoms with Crippen LogP contribution in [-0.2, 0) is 0 Å². The standard InChI is InChI=1S/C19H23N5O3/c25-18(23-14-8-12-1-2-13(14)22-12)15-9-16-11(10-21-15)7-17(27-16)19(26)24-5-3-20-4-6-24/h7,9-10,12-14,20,22H,1-6,8H2,(H,23,25)/t12-,13+,14-/m1/s1. The Labute approximate surface area is 156 Å². The number of aromatic nitrogens is 1. The smallest absolute Gasteiger partial charge is 0.289 e. The summed E-state index contributed by atoms with van der Waals surface area (Å²) >= 11 is 0. The van der Waals surface area contributed by atoms with E-state index in [-0.39, 0.29) is 17.9 Å². The number of rotatable bonds is 3. The minimum atomic E-state index is -0.192. The molecule has 0 aliphatic carbocycles. The molecule has 3 aliphatic heterocycles. The van der Waals surface area contributed by atoms with Crippen molar-refractivity contribution in [1.82, 2.24) is 25.8 Å². The Kier molecular flexibility index (Phi) is 4.09. The molecule has 0 unspecified atom stereocenters. The summed E-state index contributed by atoms with van der Waals surface area (Å²) in [5.74, 6) is -0.0158. The van der Waals surface area contributed by atoms with E-state index in [4.69, 9.17) is 4.42 Å². The first-order valence-corrected chi connectivity index (χ1v) is 9.64. The fourth-order valence-electron chi connectivity index (χ4n) is 4.41. The summed E-state index contributed by atoms with van der Waals surface area (Å²) in [5, 5.41) is 10.5. The number of piperazine rings is 1. The van der Waals surface area contributed by atoms with Crippen LogP contribution in [0.4, 0.5) is 0 Å². The monoisotopic (exact) mass is 369 g/mol. The van der Waals surface area contributed by atoms with Crippen molar-refractivity contribution in [2.45, 2.75) is 37.4 Å². The van der Waals surface area contributed by atoms with E-state index in [0.29, 0.717) is 42.2 Å². The van der Waals surface area contributed by atoms with Crippen molar-refractivity contribution >= 4 is 22.8 Å². The molecule has 2 aromatic heterocycles. The zero-order valence-electron chi connectivity index (χ0n) is 15.0. The van der Waals surface area contributed by atoms with Crippen molar-refractivity contribution in [2.75, 3.05) is 26.2 Å². The highest BCUT2D eigenvalue weighted by atomic mass is 16.3. The number of amides is 2. The molecule has 3 aliphatic rings. The lowest BCUT2D eigenvalue weighted by Crippen LogP contribution is -2.46. The first kappa shape index (κ1) is 16.7. The molecular weight excluding hydrogens is 346 g/mol.